The van der Waals surface area contributed by atoms with E-state index in [9.17, 15) is 13.2 Å². The van der Waals surface area contributed by atoms with Crippen LogP contribution in [0.3, 0.4) is 0 Å². The van der Waals surface area contributed by atoms with Crippen LogP contribution < -0.4 is 14.4 Å². The maximum Gasteiger partial charge on any atom is 0.264 e. The Morgan fingerprint density at radius 2 is 1.72 bits per heavy atom. The van der Waals surface area contributed by atoms with Gasteiger partial charge in [0.2, 0.25) is 5.91 Å². The van der Waals surface area contributed by atoms with E-state index in [1.807, 2.05) is 33.8 Å². The summed E-state index contributed by atoms with van der Waals surface area (Å²) >= 11 is 0. The number of aryl methyl sites for hydroxylation is 2. The Morgan fingerprint density at radius 3 is 2.31 bits per heavy atom. The maximum atomic E-state index is 13.5. The molecule has 0 aliphatic heterocycles. The van der Waals surface area contributed by atoms with Crippen molar-refractivity contribution in [1.82, 2.24) is 5.32 Å². The molecule has 0 bridgehead atoms. The fraction of sp³-hybridized carbons (Fsp3) is 0.409. The molecule has 0 radical (unpaired) electrons. The lowest BCUT2D eigenvalue weighted by Gasteiger charge is -2.26. The van der Waals surface area contributed by atoms with Crippen LogP contribution in [0, 0.1) is 13.8 Å². The van der Waals surface area contributed by atoms with E-state index < -0.39 is 10.0 Å². The van der Waals surface area contributed by atoms with E-state index in [4.69, 9.17) is 4.74 Å². The number of hydrogen-bond donors (Lipinski definition) is 1. The summed E-state index contributed by atoms with van der Waals surface area (Å²) in [5.41, 5.74) is 2.16. The molecule has 0 saturated heterocycles. The number of sulfonamides is 1. The van der Waals surface area contributed by atoms with Gasteiger partial charge in [0.1, 0.15) is 12.3 Å². The van der Waals surface area contributed by atoms with Crippen LogP contribution in [-0.4, -0.2) is 34.0 Å². The molecule has 2 rings (SSSR count). The van der Waals surface area contributed by atoms with Crippen molar-refractivity contribution >= 4 is 21.6 Å². The molecule has 1 atom stereocenters. The van der Waals surface area contributed by atoms with Crippen molar-refractivity contribution in [2.24, 2.45) is 0 Å². The Kier molecular flexibility index (Phi) is 7.67. The van der Waals surface area contributed by atoms with Crippen LogP contribution in [0.2, 0.25) is 0 Å². The van der Waals surface area contributed by atoms with Crippen molar-refractivity contribution in [2.75, 3.05) is 18.0 Å². The van der Waals surface area contributed by atoms with Gasteiger partial charge >= 0.3 is 0 Å². The Bertz CT molecular complexity index is 940. The number of carbonyl (C=O) groups is 1. The van der Waals surface area contributed by atoms with Gasteiger partial charge in [-0.15, -0.1) is 0 Å². The number of hydrogen-bond acceptors (Lipinski definition) is 4. The van der Waals surface area contributed by atoms with Crippen LogP contribution in [0.1, 0.15) is 37.8 Å². The van der Waals surface area contributed by atoms with Crippen molar-refractivity contribution < 1.29 is 17.9 Å². The molecule has 2 aromatic rings. The summed E-state index contributed by atoms with van der Waals surface area (Å²) in [5, 5.41) is 2.88. The largest absolute Gasteiger partial charge is 0.495 e. The first-order chi connectivity index (χ1) is 13.7. The van der Waals surface area contributed by atoms with Gasteiger partial charge in [-0.2, -0.15) is 0 Å². The van der Waals surface area contributed by atoms with Crippen molar-refractivity contribution in [3.05, 3.63) is 53.6 Å². The average molecular weight is 419 g/mol. The van der Waals surface area contributed by atoms with Crippen molar-refractivity contribution in [3.63, 3.8) is 0 Å². The highest BCUT2D eigenvalue weighted by atomic mass is 32.2. The fourth-order valence-corrected chi connectivity index (χ4v) is 4.51. The van der Waals surface area contributed by atoms with E-state index in [0.717, 1.165) is 28.3 Å². The molecule has 29 heavy (non-hydrogen) atoms. The molecule has 158 valence electrons. The second-order valence-corrected chi connectivity index (χ2v) is 9.12. The van der Waals surface area contributed by atoms with Gasteiger partial charge < -0.3 is 10.1 Å². The molecule has 0 heterocycles. The Hall–Kier alpha value is -2.54. The molecule has 6 nitrogen and oxygen atoms in total. The number of ether oxygens (including phenoxy) is 1. The topological polar surface area (TPSA) is 75.7 Å². The number of methoxy groups -OCH3 is 1. The SMILES string of the molecule is CCC[C@H](C)NC(=O)CN(c1cc(C)ccc1OC)S(=O)(=O)c1ccc(C)cc1. The fourth-order valence-electron chi connectivity index (χ4n) is 3.09. The highest BCUT2D eigenvalue weighted by Gasteiger charge is 2.29. The number of carbonyl (C=O) groups excluding carboxylic acids is 1. The van der Waals surface area contributed by atoms with Crippen LogP contribution in [0.15, 0.2) is 47.4 Å². The maximum absolute atomic E-state index is 13.5. The first-order valence-electron chi connectivity index (χ1n) is 9.72. The lowest BCUT2D eigenvalue weighted by atomic mass is 10.2. The summed E-state index contributed by atoms with van der Waals surface area (Å²) in [4.78, 5) is 12.8. The quantitative estimate of drug-likeness (QED) is 0.672. The third kappa shape index (κ3) is 5.73. The van der Waals surface area contributed by atoms with E-state index in [1.54, 1.807) is 36.4 Å². The molecular weight excluding hydrogens is 388 g/mol. The number of rotatable bonds is 9. The van der Waals surface area contributed by atoms with Gasteiger partial charge in [-0.3, -0.25) is 9.10 Å². The third-order valence-electron chi connectivity index (χ3n) is 4.63. The van der Waals surface area contributed by atoms with E-state index in [2.05, 4.69) is 5.32 Å². The summed E-state index contributed by atoms with van der Waals surface area (Å²) in [6, 6.07) is 11.8. The van der Waals surface area contributed by atoms with Gasteiger partial charge in [-0.1, -0.05) is 37.1 Å². The molecular formula is C22H30N2O4S. The van der Waals surface area contributed by atoms with Crippen LogP contribution in [-0.2, 0) is 14.8 Å². The number of anilines is 1. The summed E-state index contributed by atoms with van der Waals surface area (Å²) < 4.78 is 33.4. The number of nitrogens with one attached hydrogen (secondary N) is 1. The lowest BCUT2D eigenvalue weighted by Crippen LogP contribution is -2.43. The average Bonchev–Trinajstić information content (AvgIpc) is 2.66. The van der Waals surface area contributed by atoms with Gasteiger partial charge in [0.25, 0.3) is 10.0 Å². The molecule has 0 aromatic heterocycles. The molecule has 1 N–H and O–H groups in total. The second kappa shape index (κ2) is 9.78. The standard InChI is InChI=1S/C22H30N2O4S/c1-6-7-18(4)23-22(25)15-24(20-14-17(3)10-13-21(20)28-5)29(26,27)19-11-8-16(2)9-12-19/h8-14,18H,6-7,15H2,1-5H3,(H,23,25)/t18-/m0/s1. The smallest absolute Gasteiger partial charge is 0.264 e. The number of amides is 1. The molecule has 2 aromatic carbocycles. The first-order valence-corrected chi connectivity index (χ1v) is 11.2. The minimum absolute atomic E-state index is 0.0316. The predicted octanol–water partition coefficient (Wildman–Crippen LogP) is 3.81. The van der Waals surface area contributed by atoms with Crippen molar-refractivity contribution in [1.29, 1.82) is 0 Å². The van der Waals surface area contributed by atoms with Gasteiger partial charge in [0, 0.05) is 6.04 Å². The first kappa shape index (κ1) is 22.7. The summed E-state index contributed by atoms with van der Waals surface area (Å²) in [6.07, 6.45) is 1.75. The van der Waals surface area contributed by atoms with Gasteiger partial charge in [0.15, 0.2) is 0 Å². The monoisotopic (exact) mass is 418 g/mol. The zero-order chi connectivity index (χ0) is 21.6. The van der Waals surface area contributed by atoms with Gasteiger partial charge in [0.05, 0.1) is 17.7 Å². The van der Waals surface area contributed by atoms with Gasteiger partial charge in [-0.05, 0) is 57.0 Å². The Balaban J connectivity index is 2.50. The lowest BCUT2D eigenvalue weighted by molar-refractivity contribution is -0.120. The molecule has 0 fully saturated rings. The Labute approximate surface area is 173 Å². The minimum Gasteiger partial charge on any atom is -0.495 e. The Morgan fingerprint density at radius 1 is 1.10 bits per heavy atom. The van der Waals surface area contributed by atoms with E-state index in [-0.39, 0.29) is 23.4 Å². The van der Waals surface area contributed by atoms with E-state index >= 15 is 0 Å². The molecule has 7 heteroatoms. The molecule has 0 aliphatic carbocycles. The second-order valence-electron chi connectivity index (χ2n) is 7.26. The highest BCUT2D eigenvalue weighted by Crippen LogP contribution is 2.33. The summed E-state index contributed by atoms with van der Waals surface area (Å²) in [5.74, 6) is 0.0332. The summed E-state index contributed by atoms with van der Waals surface area (Å²) in [6.45, 7) is 7.37. The van der Waals surface area contributed by atoms with Crippen molar-refractivity contribution in [2.45, 2.75) is 51.5 Å². The zero-order valence-electron chi connectivity index (χ0n) is 17.7. The molecule has 0 spiro atoms. The van der Waals surface area contributed by atoms with Gasteiger partial charge in [-0.25, -0.2) is 8.42 Å². The summed E-state index contributed by atoms with van der Waals surface area (Å²) in [7, 11) is -2.49. The molecule has 1 amide bonds. The number of benzene rings is 2. The molecule has 0 unspecified atom stereocenters. The van der Waals surface area contributed by atoms with Crippen molar-refractivity contribution in [3.8, 4) is 5.75 Å². The highest BCUT2D eigenvalue weighted by molar-refractivity contribution is 7.92. The minimum atomic E-state index is -3.97. The van der Waals surface area contributed by atoms with E-state index in [0.29, 0.717) is 11.4 Å². The molecule has 0 aliphatic rings. The van der Waals surface area contributed by atoms with Crippen LogP contribution in [0.4, 0.5) is 5.69 Å². The van der Waals surface area contributed by atoms with Crippen LogP contribution in [0.25, 0.3) is 0 Å². The van der Waals surface area contributed by atoms with E-state index in [1.165, 1.54) is 7.11 Å². The molecule has 0 saturated carbocycles. The zero-order valence-corrected chi connectivity index (χ0v) is 18.5. The number of nitrogens with zero attached hydrogens (tertiary/aromatic N) is 1. The third-order valence-corrected chi connectivity index (χ3v) is 6.40. The predicted molar refractivity (Wildman–Crippen MR) is 116 cm³/mol. The van der Waals surface area contributed by atoms with Crippen LogP contribution in [0.5, 0.6) is 5.75 Å². The normalized spacial score (nSPS) is 12.3. The van der Waals surface area contributed by atoms with Crippen LogP contribution >= 0.6 is 0 Å².